The normalized spacial score (nSPS) is 11.5. The molecule has 0 saturated carbocycles. The van der Waals surface area contributed by atoms with Crippen LogP contribution in [0.4, 0.5) is 0 Å². The number of aromatic nitrogens is 3. The van der Waals surface area contributed by atoms with Gasteiger partial charge >= 0.3 is 0 Å². The molecule has 3 aromatic heterocycles. The molecule has 0 aliphatic heterocycles. The van der Waals surface area contributed by atoms with Crippen molar-refractivity contribution in [3.63, 3.8) is 0 Å². The number of fused-ring (bicyclic) bond motifs is 7. The lowest BCUT2D eigenvalue weighted by Crippen LogP contribution is -1.96. The first-order chi connectivity index (χ1) is 31.2. The highest BCUT2D eigenvalue weighted by Crippen LogP contribution is 2.42. The monoisotopic (exact) mass is 803 g/mol. The molecule has 0 N–H and O–H groups in total. The van der Waals surface area contributed by atoms with Crippen LogP contribution in [0.5, 0.6) is 0 Å². The minimum absolute atomic E-state index is 0.678. The Hall–Kier alpha value is -8.47. The smallest absolute Gasteiger partial charge is 0.160 e. The first-order valence-electron chi connectivity index (χ1n) is 21.2. The zero-order valence-electron chi connectivity index (χ0n) is 34.1. The fourth-order valence-corrected chi connectivity index (χ4v) is 8.97. The van der Waals surface area contributed by atoms with Crippen LogP contribution in [-0.2, 0) is 0 Å². The van der Waals surface area contributed by atoms with E-state index in [4.69, 9.17) is 19.4 Å². The molecule has 12 aromatic rings. The summed E-state index contributed by atoms with van der Waals surface area (Å²) in [5.74, 6) is 0.678. The Balaban J connectivity index is 0.974. The number of hydrogen-bond donors (Lipinski definition) is 0. The molecule has 0 fully saturated rings. The lowest BCUT2D eigenvalue weighted by atomic mass is 9.95. The fourth-order valence-electron chi connectivity index (χ4n) is 8.97. The van der Waals surface area contributed by atoms with Crippen LogP contribution in [0.1, 0.15) is 0 Å². The van der Waals surface area contributed by atoms with Crippen LogP contribution in [0.25, 0.3) is 122 Å². The summed E-state index contributed by atoms with van der Waals surface area (Å²) in [7, 11) is 0. The zero-order valence-corrected chi connectivity index (χ0v) is 34.1. The van der Waals surface area contributed by atoms with Gasteiger partial charge in [0.05, 0.1) is 22.6 Å². The van der Waals surface area contributed by atoms with Gasteiger partial charge in [-0.2, -0.15) is 0 Å². The van der Waals surface area contributed by atoms with Crippen molar-refractivity contribution in [1.82, 2.24) is 15.0 Å². The van der Waals surface area contributed by atoms with E-state index in [1.165, 1.54) is 0 Å². The molecule has 12 rings (SSSR count). The van der Waals surface area contributed by atoms with Gasteiger partial charge in [0.2, 0.25) is 0 Å². The average molecular weight is 804 g/mol. The molecule has 0 aliphatic rings. The van der Waals surface area contributed by atoms with E-state index in [1.54, 1.807) is 0 Å². The number of pyridine rings is 1. The van der Waals surface area contributed by atoms with Crippen LogP contribution < -0.4 is 0 Å². The Labute approximate surface area is 364 Å². The van der Waals surface area contributed by atoms with Gasteiger partial charge in [0.15, 0.2) is 5.82 Å². The summed E-state index contributed by atoms with van der Waals surface area (Å²) in [5.41, 5.74) is 16.2. The van der Waals surface area contributed by atoms with Crippen LogP contribution in [0.3, 0.4) is 0 Å². The highest BCUT2D eigenvalue weighted by molar-refractivity contribution is 6.28. The second-order valence-corrected chi connectivity index (χ2v) is 16.0. The van der Waals surface area contributed by atoms with Crippen molar-refractivity contribution in [2.45, 2.75) is 0 Å². The van der Waals surface area contributed by atoms with E-state index in [1.807, 2.05) is 18.2 Å². The SMILES string of the molecule is c1ccc(-c2cccc(-c3cc(-c4ccc(-c5ccc6oc7ccc8c(-c9ccccc9)nc9ccccc9c8c7c6c5)cc4)nc(-c4cccc(-c5ccccc5)c4)n3)c2)cc1. The molecule has 63 heavy (non-hydrogen) atoms. The predicted octanol–water partition coefficient (Wildman–Crippen LogP) is 15.7. The molecule has 0 saturated heterocycles. The lowest BCUT2D eigenvalue weighted by molar-refractivity contribution is 0.669. The number of hydrogen-bond acceptors (Lipinski definition) is 4. The number of nitrogens with zero attached hydrogens (tertiary/aromatic N) is 3. The lowest BCUT2D eigenvalue weighted by Gasteiger charge is -2.12. The van der Waals surface area contributed by atoms with E-state index in [2.05, 4.69) is 206 Å². The third kappa shape index (κ3) is 6.62. The first-order valence-corrected chi connectivity index (χ1v) is 21.2. The number of para-hydroxylation sites is 1. The molecule has 294 valence electrons. The van der Waals surface area contributed by atoms with Gasteiger partial charge in [-0.1, -0.05) is 176 Å². The molecule has 9 aromatic carbocycles. The van der Waals surface area contributed by atoms with Crippen LogP contribution in [0.2, 0.25) is 0 Å². The molecule has 4 heteroatoms. The summed E-state index contributed by atoms with van der Waals surface area (Å²) in [6.45, 7) is 0. The summed E-state index contributed by atoms with van der Waals surface area (Å²) in [5, 5.41) is 5.55. The van der Waals surface area contributed by atoms with E-state index < -0.39 is 0 Å². The van der Waals surface area contributed by atoms with Crippen molar-refractivity contribution in [3.05, 3.63) is 224 Å². The van der Waals surface area contributed by atoms with Crippen molar-refractivity contribution in [2.24, 2.45) is 0 Å². The molecular weight excluding hydrogens is 767 g/mol. The topological polar surface area (TPSA) is 51.8 Å². The number of rotatable bonds is 7. The maximum absolute atomic E-state index is 6.55. The predicted molar refractivity (Wildman–Crippen MR) is 260 cm³/mol. The minimum atomic E-state index is 0.678. The largest absolute Gasteiger partial charge is 0.456 e. The number of benzene rings is 9. The molecule has 0 atom stereocenters. The average Bonchev–Trinajstić information content (AvgIpc) is 3.75. The Morgan fingerprint density at radius 2 is 0.778 bits per heavy atom. The van der Waals surface area contributed by atoms with Gasteiger partial charge in [-0.05, 0) is 81.9 Å². The van der Waals surface area contributed by atoms with Gasteiger partial charge in [-0.15, -0.1) is 0 Å². The van der Waals surface area contributed by atoms with Crippen molar-refractivity contribution in [2.75, 3.05) is 0 Å². The van der Waals surface area contributed by atoms with E-state index >= 15 is 0 Å². The van der Waals surface area contributed by atoms with Crippen molar-refractivity contribution < 1.29 is 4.42 Å². The highest BCUT2D eigenvalue weighted by Gasteiger charge is 2.19. The van der Waals surface area contributed by atoms with Crippen molar-refractivity contribution in [3.8, 4) is 78.5 Å². The minimum Gasteiger partial charge on any atom is -0.456 e. The molecule has 0 unspecified atom stereocenters. The van der Waals surface area contributed by atoms with Crippen LogP contribution in [0, 0.1) is 0 Å². The number of furan rings is 1. The highest BCUT2D eigenvalue weighted by atomic mass is 16.3. The molecule has 4 nitrogen and oxygen atoms in total. The summed E-state index contributed by atoms with van der Waals surface area (Å²) >= 11 is 0. The van der Waals surface area contributed by atoms with E-state index in [-0.39, 0.29) is 0 Å². The van der Waals surface area contributed by atoms with Crippen LogP contribution >= 0.6 is 0 Å². The van der Waals surface area contributed by atoms with Crippen LogP contribution in [-0.4, -0.2) is 15.0 Å². The summed E-state index contributed by atoms with van der Waals surface area (Å²) in [6, 6.07) is 78.5. The quantitative estimate of drug-likeness (QED) is 0.151. The maximum Gasteiger partial charge on any atom is 0.160 e. The third-order valence-electron chi connectivity index (χ3n) is 12.1. The Morgan fingerprint density at radius 3 is 1.49 bits per heavy atom. The molecule has 0 bridgehead atoms. The third-order valence-corrected chi connectivity index (χ3v) is 12.1. The summed E-state index contributed by atoms with van der Waals surface area (Å²) in [6.07, 6.45) is 0. The standard InChI is InChI=1S/C59H37N3O/c1-4-14-38(15-5-1)43-20-12-22-46(34-43)53-37-52(61-59(62-53)47-23-13-21-44(35-47)39-16-6-2-7-17-39)41-28-26-40(27-29-41)45-30-32-54-50(36-45)57-55(63-54)33-31-49-56(57)48-24-10-11-25-51(48)60-58(49)42-18-8-3-9-19-42/h1-37H. The van der Waals surface area contributed by atoms with Gasteiger partial charge < -0.3 is 4.42 Å². The summed E-state index contributed by atoms with van der Waals surface area (Å²) < 4.78 is 6.55. The van der Waals surface area contributed by atoms with E-state index in [9.17, 15) is 0 Å². The Morgan fingerprint density at radius 1 is 0.270 bits per heavy atom. The Bertz CT molecular complexity index is 3550. The van der Waals surface area contributed by atoms with E-state index in [0.717, 1.165) is 116 Å². The van der Waals surface area contributed by atoms with Gasteiger partial charge in [0.1, 0.15) is 11.2 Å². The molecular formula is C59H37N3O. The molecule has 3 heterocycles. The second kappa shape index (κ2) is 15.2. The molecule has 0 radical (unpaired) electrons. The van der Waals surface area contributed by atoms with Gasteiger partial charge in [-0.3, -0.25) is 0 Å². The van der Waals surface area contributed by atoms with Crippen molar-refractivity contribution in [1.29, 1.82) is 0 Å². The van der Waals surface area contributed by atoms with Gasteiger partial charge in [0.25, 0.3) is 0 Å². The van der Waals surface area contributed by atoms with Gasteiger partial charge in [-0.25, -0.2) is 15.0 Å². The summed E-state index contributed by atoms with van der Waals surface area (Å²) in [4.78, 5) is 15.6. The maximum atomic E-state index is 6.55. The molecule has 0 spiro atoms. The van der Waals surface area contributed by atoms with E-state index in [0.29, 0.717) is 5.82 Å². The van der Waals surface area contributed by atoms with Crippen molar-refractivity contribution >= 4 is 43.6 Å². The zero-order chi connectivity index (χ0) is 41.7. The molecule has 0 aliphatic carbocycles. The second-order valence-electron chi connectivity index (χ2n) is 16.0. The first kappa shape index (κ1) is 36.4. The molecule has 0 amide bonds. The van der Waals surface area contributed by atoms with Crippen LogP contribution in [0.15, 0.2) is 229 Å². The fraction of sp³-hybridized carbons (Fsp3) is 0. The Kier molecular flexibility index (Phi) is 8.79. The van der Waals surface area contributed by atoms with Gasteiger partial charge in [0, 0.05) is 49.2 Å².